The first-order chi connectivity index (χ1) is 7.32. The van der Waals surface area contributed by atoms with Crippen LogP contribution in [-0.4, -0.2) is 29.2 Å². The van der Waals surface area contributed by atoms with Crippen LogP contribution in [-0.2, 0) is 14.3 Å². The molecule has 16 heavy (non-hydrogen) atoms. The largest absolute Gasteiger partial charge is 0.467 e. The molecule has 1 amide bonds. The molecular formula is C12H17NO3. The fourth-order valence-corrected chi connectivity index (χ4v) is 2.02. The zero-order chi connectivity index (χ0) is 12.1. The maximum absolute atomic E-state index is 12.1. The molecule has 0 aromatic carbocycles. The van der Waals surface area contributed by atoms with E-state index in [2.05, 4.69) is 0 Å². The van der Waals surface area contributed by atoms with Gasteiger partial charge in [0.05, 0.1) is 5.57 Å². The van der Waals surface area contributed by atoms with Gasteiger partial charge in [-0.15, -0.1) is 0 Å². The van der Waals surface area contributed by atoms with Crippen LogP contribution in [0.3, 0.4) is 0 Å². The Kier molecular flexibility index (Phi) is 2.33. The smallest absolute Gasteiger partial charge is 0.234 e. The molecule has 0 aromatic rings. The minimum absolute atomic E-state index is 0.0133. The van der Waals surface area contributed by atoms with Crippen LogP contribution in [0.5, 0.6) is 0 Å². The van der Waals surface area contributed by atoms with Gasteiger partial charge in [-0.2, -0.15) is 0 Å². The lowest BCUT2D eigenvalue weighted by atomic mass is 9.95. The molecule has 88 valence electrons. The van der Waals surface area contributed by atoms with E-state index in [1.807, 2.05) is 20.8 Å². The second-order valence-corrected chi connectivity index (χ2v) is 5.36. The predicted molar refractivity (Wildman–Crippen MR) is 58.4 cm³/mol. The van der Waals surface area contributed by atoms with E-state index in [0.717, 1.165) is 0 Å². The molecule has 0 bridgehead atoms. The Bertz CT molecular complexity index is 390. The highest BCUT2D eigenvalue weighted by Crippen LogP contribution is 2.35. The number of amides is 1. The average molecular weight is 223 g/mol. The third-order valence-corrected chi connectivity index (χ3v) is 2.93. The van der Waals surface area contributed by atoms with Crippen molar-refractivity contribution in [3.63, 3.8) is 0 Å². The van der Waals surface area contributed by atoms with Crippen molar-refractivity contribution in [2.75, 3.05) is 6.54 Å². The molecule has 0 spiro atoms. The molecule has 1 atom stereocenters. The number of carbonyl (C=O) groups is 2. The number of hydrogen-bond acceptors (Lipinski definition) is 3. The van der Waals surface area contributed by atoms with E-state index >= 15 is 0 Å². The van der Waals surface area contributed by atoms with Gasteiger partial charge in [0, 0.05) is 12.0 Å². The molecule has 2 aliphatic heterocycles. The minimum Gasteiger partial charge on any atom is -0.467 e. The second-order valence-electron chi connectivity index (χ2n) is 5.36. The Labute approximate surface area is 95.2 Å². The first kappa shape index (κ1) is 11.2. The summed E-state index contributed by atoms with van der Waals surface area (Å²) in [5.41, 5.74) is 0.242. The summed E-state index contributed by atoms with van der Waals surface area (Å²) in [4.78, 5) is 25.4. The Morgan fingerprint density at radius 3 is 2.62 bits per heavy atom. The van der Waals surface area contributed by atoms with E-state index in [-0.39, 0.29) is 11.7 Å². The van der Waals surface area contributed by atoms with Crippen molar-refractivity contribution in [3.05, 3.63) is 11.5 Å². The van der Waals surface area contributed by atoms with E-state index in [4.69, 9.17) is 4.74 Å². The van der Waals surface area contributed by atoms with Crippen LogP contribution in [0.15, 0.2) is 11.5 Å². The summed E-state index contributed by atoms with van der Waals surface area (Å²) in [6, 6.07) is 0. The molecule has 0 fully saturated rings. The zero-order valence-electron chi connectivity index (χ0n) is 10.2. The van der Waals surface area contributed by atoms with E-state index in [1.165, 1.54) is 0 Å². The number of nitrogens with zero attached hydrogens (tertiary/aromatic N) is 1. The lowest BCUT2D eigenvalue weighted by molar-refractivity contribution is -0.140. The zero-order valence-corrected chi connectivity index (χ0v) is 10.2. The van der Waals surface area contributed by atoms with Gasteiger partial charge in [-0.3, -0.25) is 14.5 Å². The van der Waals surface area contributed by atoms with Gasteiger partial charge in [-0.25, -0.2) is 0 Å². The number of ketones is 1. The molecule has 4 heteroatoms. The van der Waals surface area contributed by atoms with Gasteiger partial charge >= 0.3 is 0 Å². The summed E-state index contributed by atoms with van der Waals surface area (Å²) in [7, 11) is 0. The van der Waals surface area contributed by atoms with Crippen LogP contribution in [0.25, 0.3) is 0 Å². The molecule has 2 aliphatic rings. The predicted octanol–water partition coefficient (Wildman–Crippen LogP) is 1.46. The van der Waals surface area contributed by atoms with Crippen molar-refractivity contribution in [1.82, 2.24) is 4.90 Å². The molecule has 0 radical (unpaired) electrons. The Morgan fingerprint density at radius 1 is 1.44 bits per heavy atom. The Balaban J connectivity index is 2.26. The SMILES string of the molecule is CC1OC2=C(CCN2C(=O)C(C)(C)C)C1=O. The van der Waals surface area contributed by atoms with Crippen molar-refractivity contribution in [2.24, 2.45) is 5.41 Å². The van der Waals surface area contributed by atoms with E-state index in [1.54, 1.807) is 11.8 Å². The highest BCUT2D eigenvalue weighted by atomic mass is 16.5. The topological polar surface area (TPSA) is 46.6 Å². The molecule has 0 aromatic heterocycles. The second kappa shape index (κ2) is 3.34. The highest BCUT2D eigenvalue weighted by Gasteiger charge is 2.43. The van der Waals surface area contributed by atoms with Gasteiger partial charge in [0.25, 0.3) is 0 Å². The quantitative estimate of drug-likeness (QED) is 0.624. The molecular weight excluding hydrogens is 206 g/mol. The molecule has 4 nitrogen and oxygen atoms in total. The van der Waals surface area contributed by atoms with Crippen LogP contribution in [0, 0.1) is 5.41 Å². The first-order valence-electron chi connectivity index (χ1n) is 5.58. The van der Waals surface area contributed by atoms with Gasteiger partial charge < -0.3 is 4.74 Å². The van der Waals surface area contributed by atoms with E-state index in [9.17, 15) is 9.59 Å². The van der Waals surface area contributed by atoms with Gasteiger partial charge in [-0.05, 0) is 13.3 Å². The first-order valence-corrected chi connectivity index (χ1v) is 5.58. The third-order valence-electron chi connectivity index (χ3n) is 2.93. The summed E-state index contributed by atoms with van der Waals surface area (Å²) in [6.07, 6.45) is 0.195. The number of Topliss-reactive ketones (excluding diaryl/α,β-unsaturated/α-hetero) is 1. The fraction of sp³-hybridized carbons (Fsp3) is 0.667. The van der Waals surface area contributed by atoms with Crippen LogP contribution >= 0.6 is 0 Å². The van der Waals surface area contributed by atoms with Crippen molar-refractivity contribution in [1.29, 1.82) is 0 Å². The Morgan fingerprint density at radius 2 is 2.06 bits per heavy atom. The minimum atomic E-state index is -0.444. The molecule has 0 aliphatic carbocycles. The molecule has 2 rings (SSSR count). The monoisotopic (exact) mass is 223 g/mol. The number of hydrogen-bond donors (Lipinski definition) is 0. The lowest BCUT2D eigenvalue weighted by Crippen LogP contribution is -2.38. The standard InChI is InChI=1S/C12H17NO3/c1-7-9(14)8-5-6-13(10(8)16-7)11(15)12(2,3)4/h7H,5-6H2,1-4H3. The van der Waals surface area contributed by atoms with Gasteiger partial charge in [0.1, 0.15) is 0 Å². The van der Waals surface area contributed by atoms with Gasteiger partial charge in [0.2, 0.25) is 17.6 Å². The maximum Gasteiger partial charge on any atom is 0.234 e. The average Bonchev–Trinajstić information content (AvgIpc) is 2.67. The van der Waals surface area contributed by atoms with Crippen molar-refractivity contribution in [2.45, 2.75) is 40.2 Å². The van der Waals surface area contributed by atoms with Gasteiger partial charge in [-0.1, -0.05) is 20.8 Å². The lowest BCUT2D eigenvalue weighted by Gasteiger charge is -2.27. The number of rotatable bonds is 0. The summed E-state index contributed by atoms with van der Waals surface area (Å²) in [5, 5.41) is 0. The third kappa shape index (κ3) is 1.52. The fourth-order valence-electron chi connectivity index (χ4n) is 2.02. The van der Waals surface area contributed by atoms with Crippen LogP contribution in [0.2, 0.25) is 0 Å². The molecule has 0 N–H and O–H groups in total. The number of carbonyl (C=O) groups excluding carboxylic acids is 2. The van der Waals surface area contributed by atoms with Crippen molar-refractivity contribution in [3.8, 4) is 0 Å². The molecule has 0 saturated carbocycles. The molecule has 1 unspecified atom stereocenters. The molecule has 0 saturated heterocycles. The van der Waals surface area contributed by atoms with E-state index in [0.29, 0.717) is 24.4 Å². The van der Waals surface area contributed by atoms with Crippen LogP contribution in [0.4, 0.5) is 0 Å². The highest BCUT2D eigenvalue weighted by molar-refractivity contribution is 6.02. The number of ether oxygens (including phenoxy) is 1. The van der Waals surface area contributed by atoms with Crippen LogP contribution in [0.1, 0.15) is 34.1 Å². The summed E-state index contributed by atoms with van der Waals surface area (Å²) >= 11 is 0. The summed E-state index contributed by atoms with van der Waals surface area (Å²) in [6.45, 7) is 7.90. The van der Waals surface area contributed by atoms with Gasteiger partial charge in [0.15, 0.2) is 6.10 Å². The normalized spacial score (nSPS) is 24.9. The van der Waals surface area contributed by atoms with Crippen LogP contribution < -0.4 is 0 Å². The molecule has 2 heterocycles. The maximum atomic E-state index is 12.1. The van der Waals surface area contributed by atoms with Crippen molar-refractivity contribution >= 4 is 11.7 Å². The Hall–Kier alpha value is -1.32. The summed E-state index contributed by atoms with van der Waals surface area (Å²) < 4.78 is 5.46. The van der Waals surface area contributed by atoms with E-state index < -0.39 is 11.5 Å². The van der Waals surface area contributed by atoms with Crippen molar-refractivity contribution < 1.29 is 14.3 Å². The summed E-state index contributed by atoms with van der Waals surface area (Å²) in [5.74, 6) is 0.538.